The molecule has 10 heteroatoms. The smallest absolute Gasteiger partial charge is 0.267 e. The lowest BCUT2D eigenvalue weighted by atomic mass is 10.2. The number of halogens is 1. The number of para-hydroxylation sites is 1. The normalized spacial score (nSPS) is 11.1. The van der Waals surface area contributed by atoms with E-state index in [1.165, 1.54) is 59.6 Å². The Labute approximate surface area is 183 Å². The van der Waals surface area contributed by atoms with E-state index < -0.39 is 16.6 Å². The van der Waals surface area contributed by atoms with Crippen molar-refractivity contribution in [2.45, 2.75) is 9.24 Å². The highest BCUT2D eigenvalue weighted by molar-refractivity contribution is 8.01. The molecule has 31 heavy (non-hydrogen) atoms. The Morgan fingerprint density at radius 1 is 1.16 bits per heavy atom. The van der Waals surface area contributed by atoms with E-state index in [0.29, 0.717) is 14.8 Å². The number of nitrogens with zero attached hydrogens (tertiary/aromatic N) is 3. The first-order valence-electron chi connectivity index (χ1n) is 8.90. The lowest BCUT2D eigenvalue weighted by Crippen LogP contribution is -2.17. The van der Waals surface area contributed by atoms with Crippen LogP contribution in [0.4, 0.5) is 10.1 Å². The summed E-state index contributed by atoms with van der Waals surface area (Å²) < 4.78 is 14.6. The van der Waals surface area contributed by atoms with Crippen LogP contribution in [0.25, 0.3) is 10.2 Å². The van der Waals surface area contributed by atoms with E-state index in [1.807, 2.05) is 24.3 Å². The quantitative estimate of drug-likeness (QED) is 0.245. The van der Waals surface area contributed by atoms with Crippen LogP contribution < -0.4 is 5.43 Å². The van der Waals surface area contributed by atoms with Crippen LogP contribution >= 0.6 is 23.1 Å². The lowest BCUT2D eigenvalue weighted by Gasteiger charge is -2.02. The van der Waals surface area contributed by atoms with Gasteiger partial charge in [0.05, 0.1) is 26.3 Å². The highest BCUT2D eigenvalue weighted by Gasteiger charge is 2.17. The van der Waals surface area contributed by atoms with Crippen molar-refractivity contribution >= 4 is 51.1 Å². The summed E-state index contributed by atoms with van der Waals surface area (Å²) in [6.45, 7) is 0. The molecule has 0 bridgehead atoms. The highest BCUT2D eigenvalue weighted by atomic mass is 32.2. The number of carbonyl (C=O) groups is 1. The van der Waals surface area contributed by atoms with Crippen LogP contribution in [0.15, 0.2) is 81.1 Å². The van der Waals surface area contributed by atoms with Crippen molar-refractivity contribution in [3.63, 3.8) is 0 Å². The fraction of sp³-hybridized carbons (Fsp3) is 0. The molecule has 3 aromatic carbocycles. The molecule has 0 aliphatic rings. The molecule has 0 spiro atoms. The van der Waals surface area contributed by atoms with Crippen LogP contribution in [-0.4, -0.2) is 22.0 Å². The minimum absolute atomic E-state index is 0.0851. The number of hydrazone groups is 1. The predicted octanol–water partition coefficient (Wildman–Crippen LogP) is 5.26. The molecule has 0 saturated carbocycles. The van der Waals surface area contributed by atoms with Gasteiger partial charge in [-0.3, -0.25) is 14.9 Å². The Morgan fingerprint density at radius 3 is 2.68 bits per heavy atom. The molecule has 1 amide bonds. The Hall–Kier alpha value is -3.63. The van der Waals surface area contributed by atoms with Gasteiger partial charge in [0.15, 0.2) is 4.34 Å². The molecule has 4 rings (SSSR count). The van der Waals surface area contributed by atoms with Gasteiger partial charge in [0, 0.05) is 17.2 Å². The van der Waals surface area contributed by atoms with Crippen molar-refractivity contribution in [1.82, 2.24) is 10.4 Å². The van der Waals surface area contributed by atoms with E-state index in [-0.39, 0.29) is 11.3 Å². The standard InChI is InChI=1S/C21H13FN4O3S2/c22-15-8-6-14(7-9-15)20(27)25-23-12-13-5-10-19(17(11-13)26(28)29)31-21-24-16-3-1-2-4-18(16)30-21/h1-12H,(H,25,27). The van der Waals surface area contributed by atoms with Gasteiger partial charge in [-0.1, -0.05) is 30.0 Å². The molecule has 0 saturated heterocycles. The van der Waals surface area contributed by atoms with Gasteiger partial charge in [-0.15, -0.1) is 11.3 Å². The molecule has 0 unspecified atom stereocenters. The third-order valence-electron chi connectivity index (χ3n) is 4.14. The number of nitrogens with one attached hydrogen (secondary N) is 1. The SMILES string of the molecule is O=C(NN=Cc1ccc(Sc2nc3ccccc3s2)c([N+](=O)[O-])c1)c1ccc(F)cc1. The molecule has 7 nitrogen and oxygen atoms in total. The van der Waals surface area contributed by atoms with Crippen LogP contribution in [0, 0.1) is 15.9 Å². The fourth-order valence-electron chi connectivity index (χ4n) is 2.66. The first-order valence-corrected chi connectivity index (χ1v) is 10.5. The van der Waals surface area contributed by atoms with E-state index in [4.69, 9.17) is 0 Å². The van der Waals surface area contributed by atoms with E-state index in [0.717, 1.165) is 10.2 Å². The Bertz CT molecular complexity index is 1270. The Morgan fingerprint density at radius 2 is 1.94 bits per heavy atom. The Kier molecular flexibility index (Phi) is 6.01. The van der Waals surface area contributed by atoms with E-state index in [9.17, 15) is 19.3 Å². The molecular weight excluding hydrogens is 439 g/mol. The van der Waals surface area contributed by atoms with Crippen LogP contribution in [0.2, 0.25) is 0 Å². The van der Waals surface area contributed by atoms with Crippen molar-refractivity contribution in [1.29, 1.82) is 0 Å². The summed E-state index contributed by atoms with van der Waals surface area (Å²) in [5.74, 6) is -0.968. The average Bonchev–Trinajstić information content (AvgIpc) is 3.17. The number of hydrogen-bond donors (Lipinski definition) is 1. The van der Waals surface area contributed by atoms with Gasteiger partial charge in [0.2, 0.25) is 0 Å². The number of carbonyl (C=O) groups excluding carboxylic acids is 1. The molecule has 1 aromatic heterocycles. The van der Waals surface area contributed by atoms with Crippen LogP contribution in [0.5, 0.6) is 0 Å². The van der Waals surface area contributed by atoms with Gasteiger partial charge >= 0.3 is 0 Å². The average molecular weight is 452 g/mol. The van der Waals surface area contributed by atoms with Crippen LogP contribution in [-0.2, 0) is 0 Å². The van der Waals surface area contributed by atoms with Gasteiger partial charge in [-0.25, -0.2) is 14.8 Å². The van der Waals surface area contributed by atoms with Gasteiger partial charge in [0.1, 0.15) is 5.82 Å². The second kappa shape index (κ2) is 9.02. The number of rotatable bonds is 6. The van der Waals surface area contributed by atoms with Crippen molar-refractivity contribution in [2.75, 3.05) is 0 Å². The summed E-state index contributed by atoms with van der Waals surface area (Å²) in [7, 11) is 0. The second-order valence-electron chi connectivity index (χ2n) is 6.24. The molecule has 4 aromatic rings. The van der Waals surface area contributed by atoms with E-state index in [1.54, 1.807) is 12.1 Å². The first kappa shape index (κ1) is 20.6. The number of fused-ring (bicyclic) bond motifs is 1. The summed E-state index contributed by atoms with van der Waals surface area (Å²) in [4.78, 5) is 28.0. The zero-order valence-electron chi connectivity index (χ0n) is 15.7. The zero-order valence-corrected chi connectivity index (χ0v) is 17.3. The number of nitro groups is 1. The maximum atomic E-state index is 12.9. The third-order valence-corrected chi connectivity index (χ3v) is 6.30. The summed E-state index contributed by atoms with van der Waals surface area (Å²) in [6.07, 6.45) is 1.31. The molecule has 1 N–H and O–H groups in total. The molecule has 0 aliphatic heterocycles. The van der Waals surface area contributed by atoms with Crippen molar-refractivity contribution in [3.8, 4) is 0 Å². The first-order chi connectivity index (χ1) is 15.0. The molecule has 0 aliphatic carbocycles. The molecule has 0 fully saturated rings. The highest BCUT2D eigenvalue weighted by Crippen LogP contribution is 2.38. The minimum atomic E-state index is -0.520. The van der Waals surface area contributed by atoms with Crippen LogP contribution in [0.1, 0.15) is 15.9 Å². The van der Waals surface area contributed by atoms with Crippen molar-refractivity contribution < 1.29 is 14.1 Å². The molecular formula is C21H13FN4O3S2. The number of nitro benzene ring substituents is 1. The molecule has 0 atom stereocenters. The summed E-state index contributed by atoms with van der Waals surface area (Å²) in [5, 5.41) is 15.4. The molecule has 0 radical (unpaired) electrons. The third kappa shape index (κ3) is 4.93. The van der Waals surface area contributed by atoms with Gasteiger partial charge in [-0.2, -0.15) is 5.10 Å². The largest absolute Gasteiger partial charge is 0.283 e. The second-order valence-corrected chi connectivity index (χ2v) is 8.56. The number of thiazole rings is 1. The number of aromatic nitrogens is 1. The van der Waals surface area contributed by atoms with Gasteiger partial charge < -0.3 is 0 Å². The summed E-state index contributed by atoms with van der Waals surface area (Å²) in [5.41, 5.74) is 3.76. The monoisotopic (exact) mass is 452 g/mol. The van der Waals surface area contributed by atoms with E-state index >= 15 is 0 Å². The van der Waals surface area contributed by atoms with Gasteiger partial charge in [0.25, 0.3) is 11.6 Å². The number of hydrogen-bond acceptors (Lipinski definition) is 7. The number of benzene rings is 3. The number of amides is 1. The summed E-state index contributed by atoms with van der Waals surface area (Å²) >= 11 is 2.69. The maximum Gasteiger partial charge on any atom is 0.283 e. The fourth-order valence-corrected chi connectivity index (χ4v) is 4.77. The molecule has 1 heterocycles. The van der Waals surface area contributed by atoms with Gasteiger partial charge in [-0.05, 0) is 42.5 Å². The lowest BCUT2D eigenvalue weighted by molar-refractivity contribution is -0.387. The predicted molar refractivity (Wildman–Crippen MR) is 118 cm³/mol. The van der Waals surface area contributed by atoms with Crippen LogP contribution in [0.3, 0.4) is 0 Å². The minimum Gasteiger partial charge on any atom is -0.267 e. The van der Waals surface area contributed by atoms with Crippen molar-refractivity contribution in [2.24, 2.45) is 5.10 Å². The summed E-state index contributed by atoms with van der Waals surface area (Å²) in [6, 6.07) is 17.3. The topological polar surface area (TPSA) is 97.5 Å². The van der Waals surface area contributed by atoms with E-state index in [2.05, 4.69) is 15.5 Å². The zero-order chi connectivity index (χ0) is 21.8. The Balaban J connectivity index is 1.50. The van der Waals surface area contributed by atoms with Crippen molar-refractivity contribution in [3.05, 3.63) is 93.8 Å². The molecule has 154 valence electrons. The maximum absolute atomic E-state index is 12.9.